The summed E-state index contributed by atoms with van der Waals surface area (Å²) in [6.07, 6.45) is -6.31. The maximum Gasteiger partial charge on any atom is 0.151 e. The van der Waals surface area contributed by atoms with E-state index >= 15 is 0 Å². The van der Waals surface area contributed by atoms with Crippen LogP contribution in [0.1, 0.15) is 0 Å². The molecule has 0 aliphatic carbocycles. The Bertz CT molecular complexity index is 231. The van der Waals surface area contributed by atoms with Gasteiger partial charge >= 0.3 is 0 Å². The number of nitrogens with zero attached hydrogens (tertiary/aromatic N) is 1. The molecule has 0 rings (SSSR count). The average Bonchev–Trinajstić information content (AvgIpc) is 2.36. The van der Waals surface area contributed by atoms with Gasteiger partial charge in [0, 0.05) is 31.4 Å². The molecule has 4 atom stereocenters. The number of rotatable bonds is 10. The zero-order valence-electron chi connectivity index (χ0n) is 10.2. The smallest absolute Gasteiger partial charge is 0.151 e. The molecule has 0 amide bonds. The quantitative estimate of drug-likeness (QED) is 0.295. The molecule has 0 radical (unpaired) electrons. The van der Waals surface area contributed by atoms with Gasteiger partial charge in [0.05, 0.1) is 6.10 Å². The normalized spacial score (nSPS) is 17.4. The minimum atomic E-state index is -1.73. The van der Waals surface area contributed by atoms with E-state index in [0.29, 0.717) is 24.8 Å². The Morgan fingerprint density at radius 1 is 1.00 bits per heavy atom. The van der Waals surface area contributed by atoms with Crippen molar-refractivity contribution in [1.29, 1.82) is 0 Å². The Hall–Kier alpha value is 0.340. The highest BCUT2D eigenvalue weighted by atomic mass is 35.5. The van der Waals surface area contributed by atoms with E-state index in [-0.39, 0.29) is 25.2 Å². The van der Waals surface area contributed by atoms with Gasteiger partial charge in [-0.3, -0.25) is 4.90 Å². The standard InChI is InChI=1S/C10H19Cl2NO5.ClH/c11-1-3-13(4-2-12)5-7(15)9(17)10(18)8(16)6-14;/h6-10,15-18H,1-5H2;1H. The number of carbonyl (C=O) groups is 1. The molecule has 0 saturated carbocycles. The van der Waals surface area contributed by atoms with Crippen LogP contribution in [0, 0.1) is 0 Å². The van der Waals surface area contributed by atoms with Crippen LogP contribution < -0.4 is 0 Å². The van der Waals surface area contributed by atoms with Crippen LogP contribution in [0.5, 0.6) is 0 Å². The molecular weight excluding hydrogens is 320 g/mol. The van der Waals surface area contributed by atoms with E-state index in [1.165, 1.54) is 0 Å². The number of hydrogen-bond donors (Lipinski definition) is 4. The fraction of sp³-hybridized carbons (Fsp3) is 0.900. The summed E-state index contributed by atoms with van der Waals surface area (Å²) in [5.74, 6) is 0.665. The molecule has 6 nitrogen and oxygen atoms in total. The first kappa shape index (κ1) is 21.6. The van der Waals surface area contributed by atoms with E-state index in [0.717, 1.165) is 0 Å². The van der Waals surface area contributed by atoms with Crippen molar-refractivity contribution in [3.63, 3.8) is 0 Å². The van der Waals surface area contributed by atoms with Crippen molar-refractivity contribution in [2.24, 2.45) is 0 Å². The van der Waals surface area contributed by atoms with Crippen LogP contribution in [0.25, 0.3) is 0 Å². The van der Waals surface area contributed by atoms with E-state index in [1.807, 2.05) is 0 Å². The predicted octanol–water partition coefficient (Wildman–Crippen LogP) is -1.17. The second-order valence-electron chi connectivity index (χ2n) is 3.85. The summed E-state index contributed by atoms with van der Waals surface area (Å²) in [7, 11) is 0. The molecule has 19 heavy (non-hydrogen) atoms. The minimum Gasteiger partial charge on any atom is -0.389 e. The third kappa shape index (κ3) is 8.27. The lowest BCUT2D eigenvalue weighted by molar-refractivity contribution is -0.134. The van der Waals surface area contributed by atoms with Crippen molar-refractivity contribution in [1.82, 2.24) is 4.90 Å². The molecule has 4 unspecified atom stereocenters. The Labute approximate surface area is 128 Å². The van der Waals surface area contributed by atoms with Gasteiger partial charge in [-0.05, 0) is 0 Å². The first-order valence-electron chi connectivity index (χ1n) is 5.49. The topological polar surface area (TPSA) is 101 Å². The fourth-order valence-electron chi connectivity index (χ4n) is 1.42. The average molecular weight is 341 g/mol. The molecule has 0 spiro atoms. The van der Waals surface area contributed by atoms with Crippen molar-refractivity contribution in [3.05, 3.63) is 0 Å². The lowest BCUT2D eigenvalue weighted by Gasteiger charge is -2.29. The van der Waals surface area contributed by atoms with Crippen LogP contribution in [0.4, 0.5) is 0 Å². The molecule has 0 aromatic carbocycles. The third-order valence-corrected chi connectivity index (χ3v) is 2.82. The predicted molar refractivity (Wildman–Crippen MR) is 75.2 cm³/mol. The van der Waals surface area contributed by atoms with E-state index in [4.69, 9.17) is 28.3 Å². The van der Waals surface area contributed by atoms with E-state index in [2.05, 4.69) is 0 Å². The summed E-state index contributed by atoms with van der Waals surface area (Å²) in [5, 5.41) is 37.7. The number of halogens is 3. The molecule has 0 aromatic heterocycles. The second-order valence-corrected chi connectivity index (χ2v) is 4.61. The minimum absolute atomic E-state index is 0. The van der Waals surface area contributed by atoms with Crippen LogP contribution in [-0.2, 0) is 4.79 Å². The van der Waals surface area contributed by atoms with Crippen molar-refractivity contribution in [2.45, 2.75) is 24.4 Å². The van der Waals surface area contributed by atoms with Gasteiger partial charge in [0.2, 0.25) is 0 Å². The first-order valence-corrected chi connectivity index (χ1v) is 6.56. The summed E-state index contributed by atoms with van der Waals surface area (Å²) >= 11 is 11.1. The maximum atomic E-state index is 10.3. The molecule has 0 aliphatic heterocycles. The molecular formula is C10H20Cl3NO5. The summed E-state index contributed by atoms with van der Waals surface area (Å²) < 4.78 is 0. The van der Waals surface area contributed by atoms with Crippen molar-refractivity contribution in [2.75, 3.05) is 31.4 Å². The van der Waals surface area contributed by atoms with Crippen molar-refractivity contribution < 1.29 is 25.2 Å². The third-order valence-electron chi connectivity index (χ3n) is 2.48. The molecule has 0 saturated heterocycles. The number of carbonyl (C=O) groups excluding carboxylic acids is 1. The Morgan fingerprint density at radius 2 is 1.47 bits per heavy atom. The van der Waals surface area contributed by atoms with Gasteiger partial charge in [0.15, 0.2) is 6.29 Å². The molecule has 9 heteroatoms. The van der Waals surface area contributed by atoms with Gasteiger partial charge in [-0.2, -0.15) is 0 Å². The zero-order valence-corrected chi connectivity index (χ0v) is 12.6. The highest BCUT2D eigenvalue weighted by Crippen LogP contribution is 2.06. The first-order chi connectivity index (χ1) is 8.47. The summed E-state index contributed by atoms with van der Waals surface area (Å²) in [4.78, 5) is 12.0. The number of aldehydes is 1. The van der Waals surface area contributed by atoms with E-state index in [1.54, 1.807) is 4.90 Å². The van der Waals surface area contributed by atoms with Crippen LogP contribution in [-0.4, -0.2) is 87.4 Å². The summed E-state index contributed by atoms with van der Waals surface area (Å²) in [5.41, 5.74) is 0. The van der Waals surface area contributed by atoms with Crippen molar-refractivity contribution >= 4 is 41.9 Å². The lowest BCUT2D eigenvalue weighted by Crippen LogP contribution is -2.49. The van der Waals surface area contributed by atoms with Crippen LogP contribution >= 0.6 is 35.6 Å². The molecule has 116 valence electrons. The van der Waals surface area contributed by atoms with Gasteiger partial charge in [-0.1, -0.05) is 0 Å². The number of aliphatic hydroxyl groups excluding tert-OH is 4. The van der Waals surface area contributed by atoms with Gasteiger partial charge in [-0.25, -0.2) is 0 Å². The van der Waals surface area contributed by atoms with Gasteiger partial charge < -0.3 is 25.2 Å². The SMILES string of the molecule is Cl.O=CC(O)C(O)C(O)C(O)CN(CCCl)CCCl. The molecule has 4 N–H and O–H groups in total. The Morgan fingerprint density at radius 3 is 1.84 bits per heavy atom. The number of hydrogen-bond acceptors (Lipinski definition) is 6. The summed E-state index contributed by atoms with van der Waals surface area (Å²) in [6.45, 7) is 0.956. The fourth-order valence-corrected chi connectivity index (χ4v) is 1.89. The van der Waals surface area contributed by atoms with E-state index < -0.39 is 24.4 Å². The monoisotopic (exact) mass is 339 g/mol. The highest BCUT2D eigenvalue weighted by Gasteiger charge is 2.30. The number of aliphatic hydroxyl groups is 4. The molecule has 0 aliphatic rings. The van der Waals surface area contributed by atoms with Gasteiger partial charge in [-0.15, -0.1) is 35.6 Å². The highest BCUT2D eigenvalue weighted by molar-refractivity contribution is 6.18. The number of alkyl halides is 2. The Kier molecular flexibility index (Phi) is 13.8. The Balaban J connectivity index is 0. The van der Waals surface area contributed by atoms with Crippen LogP contribution in [0.2, 0.25) is 0 Å². The second kappa shape index (κ2) is 12.1. The van der Waals surface area contributed by atoms with Crippen LogP contribution in [0.15, 0.2) is 0 Å². The zero-order chi connectivity index (χ0) is 14.1. The molecule has 0 fully saturated rings. The largest absolute Gasteiger partial charge is 0.389 e. The molecule has 0 heterocycles. The summed E-state index contributed by atoms with van der Waals surface area (Å²) in [6, 6.07) is 0. The lowest BCUT2D eigenvalue weighted by atomic mass is 10.0. The van der Waals surface area contributed by atoms with Gasteiger partial charge in [0.1, 0.15) is 18.3 Å². The van der Waals surface area contributed by atoms with Crippen molar-refractivity contribution in [3.8, 4) is 0 Å². The van der Waals surface area contributed by atoms with E-state index in [9.17, 15) is 20.1 Å². The maximum absolute atomic E-state index is 10.3. The molecule has 0 bridgehead atoms. The molecule has 0 aromatic rings. The van der Waals surface area contributed by atoms with Gasteiger partial charge in [0.25, 0.3) is 0 Å². The van der Waals surface area contributed by atoms with Crippen LogP contribution in [0.3, 0.4) is 0 Å².